The van der Waals surface area contributed by atoms with Gasteiger partial charge in [-0.1, -0.05) is 30.7 Å². The molecule has 8 heteroatoms. The zero-order chi connectivity index (χ0) is 18.9. The van der Waals surface area contributed by atoms with E-state index in [1.807, 2.05) is 13.8 Å². The normalized spacial score (nSPS) is 16.4. The third-order valence-electron chi connectivity index (χ3n) is 4.04. The molecule has 1 heterocycles. The first-order valence-electron chi connectivity index (χ1n) is 8.27. The van der Waals surface area contributed by atoms with Gasteiger partial charge < -0.3 is 9.47 Å². The van der Waals surface area contributed by atoms with Gasteiger partial charge in [0.05, 0.1) is 11.0 Å². The second-order valence-electron chi connectivity index (χ2n) is 6.30. The Labute approximate surface area is 156 Å². The van der Waals surface area contributed by atoms with E-state index in [2.05, 4.69) is 0 Å². The lowest BCUT2D eigenvalue weighted by Crippen LogP contribution is -2.39. The van der Waals surface area contributed by atoms with Gasteiger partial charge in [0.25, 0.3) is 10.1 Å². The summed E-state index contributed by atoms with van der Waals surface area (Å²) in [7, 11) is 7.35. The highest BCUT2D eigenvalue weighted by Crippen LogP contribution is 2.38. The van der Waals surface area contributed by atoms with Crippen molar-refractivity contribution in [3.8, 4) is 11.5 Å². The molecule has 4 radical (unpaired) electrons. The van der Waals surface area contributed by atoms with Crippen LogP contribution in [0.25, 0.3) is 0 Å². The second kappa shape index (κ2) is 7.00. The molecule has 0 saturated heterocycles. The summed E-state index contributed by atoms with van der Waals surface area (Å²) in [5.41, 5.74) is 0.124. The van der Waals surface area contributed by atoms with E-state index in [1.54, 1.807) is 42.5 Å². The minimum Gasteiger partial charge on any atom is -0.468 e. The van der Waals surface area contributed by atoms with Gasteiger partial charge in [0.15, 0.2) is 32.8 Å². The molecule has 2 aromatic rings. The summed E-state index contributed by atoms with van der Waals surface area (Å²) < 4.78 is 40.9. The van der Waals surface area contributed by atoms with Crippen molar-refractivity contribution in [2.75, 3.05) is 0 Å². The van der Waals surface area contributed by atoms with E-state index in [0.29, 0.717) is 24.3 Å². The summed E-state index contributed by atoms with van der Waals surface area (Å²) in [5, 5.41) is 0. The number of rotatable bonds is 6. The lowest BCUT2D eigenvalue weighted by atomic mass is 9.76. The average molecular weight is 368 g/mol. The molecule has 3 rings (SSSR count). The van der Waals surface area contributed by atoms with Crippen LogP contribution < -0.4 is 9.47 Å². The Kier molecular flexibility index (Phi) is 5.08. The van der Waals surface area contributed by atoms with Crippen molar-refractivity contribution in [2.24, 2.45) is 0 Å². The Bertz CT molecular complexity index is 894. The van der Waals surface area contributed by atoms with Gasteiger partial charge in [-0.2, -0.15) is 8.42 Å². The van der Waals surface area contributed by atoms with E-state index < -0.39 is 21.8 Å². The van der Waals surface area contributed by atoms with Crippen LogP contribution in [0.2, 0.25) is 0 Å². The van der Waals surface area contributed by atoms with Crippen LogP contribution in [0.4, 0.5) is 0 Å². The van der Waals surface area contributed by atoms with Gasteiger partial charge in [-0.05, 0) is 43.2 Å². The molecule has 0 saturated carbocycles. The summed E-state index contributed by atoms with van der Waals surface area (Å²) in [5.74, 6) is 0.865. The topological polar surface area (TPSA) is 61.8 Å². The lowest BCUT2D eigenvalue weighted by molar-refractivity contribution is 0.0833. The fourth-order valence-corrected chi connectivity index (χ4v) is 3.80. The molecule has 0 spiro atoms. The number of hydrogen-bond acceptors (Lipinski definition) is 5. The smallest absolute Gasteiger partial charge is 0.297 e. The van der Waals surface area contributed by atoms with Crippen LogP contribution in [-0.4, -0.2) is 35.8 Å². The predicted octanol–water partition coefficient (Wildman–Crippen LogP) is 2.44. The first-order chi connectivity index (χ1) is 12.2. The standard InChI is InChI=1S/C18H18B2O5S/c1-3-14(25-26(21,22)15-7-4-12(2)5-8-15)10-13-6-9-16-17(11-13)24-18(19,20)23-16/h4-9,11,14H,3,10H2,1-2H3/t14-/m0/s1. The zero-order valence-corrected chi connectivity index (χ0v) is 15.5. The molecule has 1 aliphatic heterocycles. The van der Waals surface area contributed by atoms with E-state index in [-0.39, 0.29) is 4.90 Å². The Balaban J connectivity index is 1.73. The molecule has 0 unspecified atom stereocenters. The fourth-order valence-electron chi connectivity index (χ4n) is 2.66. The number of fused-ring (bicyclic) bond motifs is 1. The first-order valence-corrected chi connectivity index (χ1v) is 9.68. The highest BCUT2D eigenvalue weighted by Gasteiger charge is 2.30. The van der Waals surface area contributed by atoms with E-state index in [0.717, 1.165) is 11.1 Å². The summed E-state index contributed by atoms with van der Waals surface area (Å²) in [6.07, 6.45) is 0.402. The molecule has 132 valence electrons. The molecule has 1 aliphatic rings. The number of hydrogen-bond donors (Lipinski definition) is 0. The average Bonchev–Trinajstić information content (AvgIpc) is 2.87. The van der Waals surface area contributed by atoms with Crippen molar-refractivity contribution in [1.82, 2.24) is 0 Å². The summed E-state index contributed by atoms with van der Waals surface area (Å²) >= 11 is 0. The molecule has 26 heavy (non-hydrogen) atoms. The quantitative estimate of drug-likeness (QED) is 0.579. The van der Waals surface area contributed by atoms with Crippen molar-refractivity contribution in [2.45, 2.75) is 43.3 Å². The lowest BCUT2D eigenvalue weighted by Gasteiger charge is -2.18. The van der Waals surface area contributed by atoms with Crippen molar-refractivity contribution in [3.05, 3.63) is 53.6 Å². The Morgan fingerprint density at radius 2 is 1.73 bits per heavy atom. The highest BCUT2D eigenvalue weighted by atomic mass is 32.2. The van der Waals surface area contributed by atoms with Crippen LogP contribution in [0.3, 0.4) is 0 Å². The molecule has 5 nitrogen and oxygen atoms in total. The minimum absolute atomic E-state index is 0.142. The van der Waals surface area contributed by atoms with Gasteiger partial charge in [-0.25, -0.2) is 0 Å². The van der Waals surface area contributed by atoms with Gasteiger partial charge in [0.2, 0.25) is 0 Å². The van der Waals surface area contributed by atoms with E-state index >= 15 is 0 Å². The zero-order valence-electron chi connectivity index (χ0n) is 14.6. The Morgan fingerprint density at radius 1 is 1.08 bits per heavy atom. The summed E-state index contributed by atoms with van der Waals surface area (Å²) in [6.45, 7) is 3.76. The molecule has 2 aromatic carbocycles. The molecule has 0 bridgehead atoms. The van der Waals surface area contributed by atoms with Crippen molar-refractivity contribution in [3.63, 3.8) is 0 Å². The van der Waals surface area contributed by atoms with Crippen molar-refractivity contribution in [1.29, 1.82) is 0 Å². The number of aryl methyl sites for hydroxylation is 1. The van der Waals surface area contributed by atoms with Crippen molar-refractivity contribution < 1.29 is 22.1 Å². The monoisotopic (exact) mass is 368 g/mol. The van der Waals surface area contributed by atoms with Crippen LogP contribution in [0.5, 0.6) is 11.5 Å². The third kappa shape index (κ3) is 4.24. The van der Waals surface area contributed by atoms with E-state index in [9.17, 15) is 8.42 Å². The number of benzene rings is 2. The van der Waals surface area contributed by atoms with Gasteiger partial charge in [0, 0.05) is 6.42 Å². The molecule has 0 aromatic heterocycles. The molecule has 0 amide bonds. The second-order valence-corrected chi connectivity index (χ2v) is 7.88. The van der Waals surface area contributed by atoms with E-state index in [4.69, 9.17) is 29.3 Å². The minimum atomic E-state index is -3.83. The summed E-state index contributed by atoms with van der Waals surface area (Å²) in [4.78, 5) is 0.142. The molecule has 0 fully saturated rings. The molecule has 0 aliphatic carbocycles. The molecule has 0 N–H and O–H groups in total. The van der Waals surface area contributed by atoms with Gasteiger partial charge >= 0.3 is 0 Å². The molecular weight excluding hydrogens is 350 g/mol. The maximum absolute atomic E-state index is 12.5. The maximum atomic E-state index is 12.5. The summed E-state index contributed by atoms with van der Waals surface area (Å²) in [6, 6.07) is 11.8. The number of ether oxygens (including phenoxy) is 2. The Hall–Kier alpha value is -1.92. The Morgan fingerprint density at radius 3 is 2.38 bits per heavy atom. The largest absolute Gasteiger partial charge is 0.468 e. The predicted molar refractivity (Wildman–Crippen MR) is 99.2 cm³/mol. The first kappa shape index (κ1) is 18.9. The van der Waals surface area contributed by atoms with Crippen LogP contribution in [0, 0.1) is 6.92 Å². The fraction of sp³-hybridized carbons (Fsp3) is 0.333. The highest BCUT2D eigenvalue weighted by molar-refractivity contribution is 7.86. The molecular formula is C18H18B2O5S. The molecule has 1 atom stereocenters. The maximum Gasteiger partial charge on any atom is 0.297 e. The van der Waals surface area contributed by atoms with Gasteiger partial charge in [-0.15, -0.1) is 0 Å². The van der Waals surface area contributed by atoms with Crippen LogP contribution in [0.1, 0.15) is 24.5 Å². The SMILES string of the molecule is [B]C1([B])Oc2ccc(C[C@H](CC)OS(=O)(=O)c3ccc(C)cc3)cc2O1. The van der Waals surface area contributed by atoms with Crippen LogP contribution in [-0.2, 0) is 20.7 Å². The van der Waals surface area contributed by atoms with Crippen molar-refractivity contribution >= 4 is 25.8 Å². The van der Waals surface area contributed by atoms with Crippen LogP contribution in [0.15, 0.2) is 47.4 Å². The third-order valence-corrected chi connectivity index (χ3v) is 5.41. The van der Waals surface area contributed by atoms with Gasteiger partial charge in [-0.3, -0.25) is 4.18 Å². The van der Waals surface area contributed by atoms with E-state index in [1.165, 1.54) is 0 Å². The van der Waals surface area contributed by atoms with Crippen LogP contribution >= 0.6 is 0 Å². The van der Waals surface area contributed by atoms with Gasteiger partial charge in [0.1, 0.15) is 0 Å².